The number of ketones is 2. The number of rotatable bonds is 3. The molecule has 0 aromatic heterocycles. The fraction of sp³-hybridized carbons (Fsp3) is 0.818. The van der Waals surface area contributed by atoms with Gasteiger partial charge in [0, 0.05) is 5.92 Å². The Balaban J connectivity index is 2.49. The van der Waals surface area contributed by atoms with E-state index in [1.165, 1.54) is 7.05 Å². The van der Waals surface area contributed by atoms with E-state index in [2.05, 4.69) is 4.72 Å². The van der Waals surface area contributed by atoms with Gasteiger partial charge >= 0.3 is 0 Å². The van der Waals surface area contributed by atoms with Crippen molar-refractivity contribution in [1.82, 2.24) is 4.72 Å². The van der Waals surface area contributed by atoms with Gasteiger partial charge in [0.15, 0.2) is 0 Å². The van der Waals surface area contributed by atoms with Crippen LogP contribution >= 0.6 is 0 Å². The van der Waals surface area contributed by atoms with Crippen LogP contribution in [0.15, 0.2) is 0 Å². The maximum atomic E-state index is 12.1. The zero-order valence-electron chi connectivity index (χ0n) is 10.2. The van der Waals surface area contributed by atoms with Crippen LogP contribution in [-0.4, -0.2) is 32.8 Å². The molecule has 0 aliphatic heterocycles. The lowest BCUT2D eigenvalue weighted by atomic mass is 9.70. The van der Waals surface area contributed by atoms with Gasteiger partial charge in [-0.05, 0) is 25.3 Å². The predicted octanol–water partition coefficient (Wildman–Crippen LogP) is 0.110. The summed E-state index contributed by atoms with van der Waals surface area (Å²) in [5.41, 5.74) is -1.57. The summed E-state index contributed by atoms with van der Waals surface area (Å²) < 4.78 is 25.6. The largest absolute Gasteiger partial charge is 0.291 e. The van der Waals surface area contributed by atoms with Crippen LogP contribution in [0, 0.1) is 16.7 Å². The molecule has 6 heteroatoms. The lowest BCUT2D eigenvalue weighted by Crippen LogP contribution is -2.45. The summed E-state index contributed by atoms with van der Waals surface area (Å²) in [6, 6.07) is 0. The highest BCUT2D eigenvalue weighted by molar-refractivity contribution is 7.89. The zero-order chi connectivity index (χ0) is 13.1. The average Bonchev–Trinajstić information content (AvgIpc) is 2.54. The van der Waals surface area contributed by atoms with Gasteiger partial charge in [-0.2, -0.15) is 0 Å². The fourth-order valence-electron chi connectivity index (χ4n) is 3.39. The third kappa shape index (κ3) is 1.43. The molecule has 17 heavy (non-hydrogen) atoms. The zero-order valence-corrected chi connectivity index (χ0v) is 11.1. The first-order valence-electron chi connectivity index (χ1n) is 5.68. The molecule has 2 aliphatic rings. The molecule has 0 heterocycles. The Morgan fingerprint density at radius 2 is 1.94 bits per heavy atom. The first-order chi connectivity index (χ1) is 7.68. The van der Waals surface area contributed by atoms with Crippen molar-refractivity contribution in [2.24, 2.45) is 16.7 Å². The van der Waals surface area contributed by atoms with Crippen LogP contribution < -0.4 is 4.72 Å². The van der Waals surface area contributed by atoms with E-state index in [0.717, 1.165) is 0 Å². The van der Waals surface area contributed by atoms with Crippen molar-refractivity contribution < 1.29 is 18.0 Å². The van der Waals surface area contributed by atoms with Crippen LogP contribution in [0.4, 0.5) is 0 Å². The van der Waals surface area contributed by atoms with Gasteiger partial charge in [-0.25, -0.2) is 13.1 Å². The highest BCUT2D eigenvalue weighted by atomic mass is 32.2. The summed E-state index contributed by atoms with van der Waals surface area (Å²) in [5.74, 6) is -1.45. The molecule has 0 amide bonds. The Labute approximate surface area is 101 Å². The Bertz CT molecular complexity index is 494. The molecule has 0 aromatic rings. The summed E-state index contributed by atoms with van der Waals surface area (Å²) in [4.78, 5) is 23.9. The Morgan fingerprint density at radius 1 is 1.35 bits per heavy atom. The summed E-state index contributed by atoms with van der Waals surface area (Å²) >= 11 is 0. The standard InChI is InChI=1S/C11H17NO4S/c1-10(2)7-4-5-11(10,9(14)8(7)13)6-17(15,16)12-3/h7,12H,4-6H2,1-3H3. The summed E-state index contributed by atoms with van der Waals surface area (Å²) in [6.45, 7) is 3.66. The Morgan fingerprint density at radius 3 is 2.35 bits per heavy atom. The molecule has 2 atom stereocenters. The van der Waals surface area contributed by atoms with Crippen molar-refractivity contribution in [2.45, 2.75) is 26.7 Å². The number of hydrogen-bond donors (Lipinski definition) is 1. The highest BCUT2D eigenvalue weighted by Gasteiger charge is 2.69. The number of sulfonamides is 1. The monoisotopic (exact) mass is 259 g/mol. The van der Waals surface area contributed by atoms with Gasteiger partial charge in [0.05, 0.1) is 11.2 Å². The minimum Gasteiger partial charge on any atom is -0.291 e. The van der Waals surface area contributed by atoms with Crippen LogP contribution in [0.1, 0.15) is 26.7 Å². The number of hydrogen-bond acceptors (Lipinski definition) is 4. The molecule has 0 aromatic carbocycles. The number of carbonyl (C=O) groups is 2. The lowest BCUT2D eigenvalue weighted by Gasteiger charge is -2.34. The third-order valence-electron chi connectivity index (χ3n) is 4.69. The smallest absolute Gasteiger partial charge is 0.212 e. The van der Waals surface area contributed by atoms with E-state index in [1.54, 1.807) is 0 Å². The topological polar surface area (TPSA) is 80.3 Å². The molecule has 96 valence electrons. The second-order valence-electron chi connectivity index (χ2n) is 5.55. The quantitative estimate of drug-likeness (QED) is 0.729. The van der Waals surface area contributed by atoms with Gasteiger partial charge in [0.1, 0.15) is 0 Å². The van der Waals surface area contributed by atoms with E-state index in [-0.39, 0.29) is 17.5 Å². The lowest BCUT2D eigenvalue weighted by molar-refractivity contribution is -0.141. The molecule has 5 nitrogen and oxygen atoms in total. The van der Waals surface area contributed by atoms with E-state index in [9.17, 15) is 18.0 Å². The molecule has 1 N–H and O–H groups in total. The van der Waals surface area contributed by atoms with Gasteiger partial charge < -0.3 is 0 Å². The molecule has 2 fully saturated rings. The first kappa shape index (κ1) is 12.7. The second kappa shape index (κ2) is 3.38. The molecule has 2 aliphatic carbocycles. The van der Waals surface area contributed by atoms with Crippen molar-refractivity contribution in [1.29, 1.82) is 0 Å². The number of carbonyl (C=O) groups excluding carboxylic acids is 2. The van der Waals surface area contributed by atoms with Crippen molar-refractivity contribution in [3.63, 3.8) is 0 Å². The van der Waals surface area contributed by atoms with Gasteiger partial charge in [0.2, 0.25) is 21.6 Å². The van der Waals surface area contributed by atoms with Crippen molar-refractivity contribution in [2.75, 3.05) is 12.8 Å². The summed E-state index contributed by atoms with van der Waals surface area (Å²) in [5, 5.41) is 0. The average molecular weight is 259 g/mol. The fourth-order valence-corrected chi connectivity index (χ4v) is 4.83. The van der Waals surface area contributed by atoms with Crippen LogP contribution in [0.3, 0.4) is 0 Å². The van der Waals surface area contributed by atoms with Crippen molar-refractivity contribution in [3.05, 3.63) is 0 Å². The van der Waals surface area contributed by atoms with E-state index in [0.29, 0.717) is 12.8 Å². The molecular formula is C11H17NO4S. The summed E-state index contributed by atoms with van der Waals surface area (Å²) in [7, 11) is -2.17. The Kier molecular flexibility index (Phi) is 2.53. The molecule has 0 radical (unpaired) electrons. The molecule has 0 saturated heterocycles. The normalized spacial score (nSPS) is 35.6. The van der Waals surface area contributed by atoms with Crippen LogP contribution in [0.2, 0.25) is 0 Å². The second-order valence-corrected chi connectivity index (χ2v) is 7.48. The van der Waals surface area contributed by atoms with Gasteiger partial charge in [-0.3, -0.25) is 9.59 Å². The predicted molar refractivity (Wildman–Crippen MR) is 61.8 cm³/mol. The molecular weight excluding hydrogens is 242 g/mol. The third-order valence-corrected chi connectivity index (χ3v) is 6.18. The van der Waals surface area contributed by atoms with Crippen LogP contribution in [-0.2, 0) is 19.6 Å². The number of nitrogens with one attached hydrogen (secondary N) is 1. The maximum absolute atomic E-state index is 12.1. The van der Waals surface area contributed by atoms with Gasteiger partial charge in [-0.1, -0.05) is 13.8 Å². The van der Waals surface area contributed by atoms with E-state index < -0.39 is 26.6 Å². The molecule has 2 saturated carbocycles. The molecule has 2 unspecified atom stereocenters. The molecule has 2 bridgehead atoms. The molecule has 0 spiro atoms. The SMILES string of the molecule is CNS(=O)(=O)CC12CCC(C(=O)C1=O)C2(C)C. The highest BCUT2D eigenvalue weighted by Crippen LogP contribution is 2.62. The van der Waals surface area contributed by atoms with E-state index in [4.69, 9.17) is 0 Å². The number of Topliss-reactive ketones (excluding diaryl/α,β-unsaturated/α-hetero) is 2. The molecule has 2 rings (SSSR count). The first-order valence-corrected chi connectivity index (χ1v) is 7.33. The van der Waals surface area contributed by atoms with Gasteiger partial charge in [0.25, 0.3) is 0 Å². The minimum atomic E-state index is -3.50. The maximum Gasteiger partial charge on any atom is 0.212 e. The van der Waals surface area contributed by atoms with Crippen LogP contribution in [0.5, 0.6) is 0 Å². The minimum absolute atomic E-state index is 0.273. The number of fused-ring (bicyclic) bond motifs is 2. The van der Waals surface area contributed by atoms with E-state index in [1.807, 2.05) is 13.8 Å². The van der Waals surface area contributed by atoms with E-state index >= 15 is 0 Å². The summed E-state index contributed by atoms with van der Waals surface area (Å²) in [6.07, 6.45) is 1.12. The Hall–Kier alpha value is -0.750. The van der Waals surface area contributed by atoms with Crippen LogP contribution in [0.25, 0.3) is 0 Å². The van der Waals surface area contributed by atoms with Crippen molar-refractivity contribution in [3.8, 4) is 0 Å². The van der Waals surface area contributed by atoms with Gasteiger partial charge in [-0.15, -0.1) is 0 Å². The van der Waals surface area contributed by atoms with Crippen molar-refractivity contribution >= 4 is 21.6 Å².